The van der Waals surface area contributed by atoms with Crippen molar-refractivity contribution in [2.75, 3.05) is 26.3 Å². The summed E-state index contributed by atoms with van der Waals surface area (Å²) in [6, 6.07) is 6.19. The monoisotopic (exact) mass is 417 g/mol. The van der Waals surface area contributed by atoms with Gasteiger partial charge in [0.25, 0.3) is 0 Å². The first-order valence-corrected chi connectivity index (χ1v) is 11.9. The molecule has 0 aromatic heterocycles. The van der Waals surface area contributed by atoms with E-state index in [4.69, 9.17) is 9.47 Å². The molecule has 1 saturated heterocycles. The van der Waals surface area contributed by atoms with Crippen molar-refractivity contribution in [3.63, 3.8) is 0 Å². The molecule has 0 radical (unpaired) electrons. The van der Waals surface area contributed by atoms with Gasteiger partial charge in [-0.3, -0.25) is 4.79 Å². The van der Waals surface area contributed by atoms with Gasteiger partial charge in [-0.2, -0.15) is 0 Å². The number of nitrogens with zero attached hydrogens (tertiary/aromatic N) is 1. The number of carbonyl (C=O) groups is 1. The number of rotatable bonds is 12. The van der Waals surface area contributed by atoms with Crippen molar-refractivity contribution in [3.05, 3.63) is 23.8 Å². The SMILES string of the molecule is CCCCCCCC(=O)C[C@H](CN1CCC[C@H]1C)[C@@H](O)c1ccc2c(c1)OCCO2. The predicted octanol–water partition coefficient (Wildman–Crippen LogP) is 4.91. The van der Waals surface area contributed by atoms with Crippen LogP contribution in [-0.2, 0) is 4.79 Å². The summed E-state index contributed by atoms with van der Waals surface area (Å²) < 4.78 is 11.3. The second-order valence-electron chi connectivity index (χ2n) is 9.00. The molecular formula is C25H39NO4. The number of aliphatic hydroxyl groups excluding tert-OH is 1. The number of ketones is 1. The van der Waals surface area contributed by atoms with Crippen molar-refractivity contribution in [3.8, 4) is 11.5 Å². The zero-order valence-electron chi connectivity index (χ0n) is 18.8. The summed E-state index contributed by atoms with van der Waals surface area (Å²) >= 11 is 0. The Morgan fingerprint density at radius 1 is 1.17 bits per heavy atom. The van der Waals surface area contributed by atoms with E-state index in [9.17, 15) is 9.90 Å². The lowest BCUT2D eigenvalue weighted by molar-refractivity contribution is -0.121. The number of benzene rings is 1. The zero-order valence-corrected chi connectivity index (χ0v) is 18.8. The molecule has 2 heterocycles. The second kappa shape index (κ2) is 11.7. The van der Waals surface area contributed by atoms with E-state index in [-0.39, 0.29) is 11.7 Å². The number of hydrogen-bond acceptors (Lipinski definition) is 5. The molecule has 2 aliphatic heterocycles. The normalized spacial score (nSPS) is 20.8. The Balaban J connectivity index is 1.64. The van der Waals surface area contributed by atoms with E-state index in [1.165, 1.54) is 32.1 Å². The molecule has 0 bridgehead atoms. The Bertz CT molecular complexity index is 677. The minimum Gasteiger partial charge on any atom is -0.486 e. The second-order valence-corrected chi connectivity index (χ2v) is 9.00. The van der Waals surface area contributed by atoms with Gasteiger partial charge in [0.1, 0.15) is 19.0 Å². The van der Waals surface area contributed by atoms with Crippen LogP contribution in [0.25, 0.3) is 0 Å². The summed E-state index contributed by atoms with van der Waals surface area (Å²) in [7, 11) is 0. The molecule has 3 rings (SSSR count). The number of ether oxygens (including phenoxy) is 2. The lowest BCUT2D eigenvalue weighted by Gasteiger charge is -2.30. The molecule has 1 fully saturated rings. The molecular weight excluding hydrogens is 378 g/mol. The van der Waals surface area contributed by atoms with E-state index in [0.29, 0.717) is 37.8 Å². The molecule has 5 heteroatoms. The highest BCUT2D eigenvalue weighted by Gasteiger charge is 2.30. The summed E-state index contributed by atoms with van der Waals surface area (Å²) in [4.78, 5) is 15.2. The van der Waals surface area contributed by atoms with Crippen molar-refractivity contribution < 1.29 is 19.4 Å². The Kier molecular flexibility index (Phi) is 9.01. The number of hydrogen-bond donors (Lipinski definition) is 1. The van der Waals surface area contributed by atoms with Gasteiger partial charge < -0.3 is 19.5 Å². The molecule has 168 valence electrons. The third-order valence-corrected chi connectivity index (χ3v) is 6.56. The number of carbonyl (C=O) groups excluding carboxylic acids is 1. The number of aliphatic hydroxyl groups is 1. The van der Waals surface area contributed by atoms with Crippen LogP contribution in [0, 0.1) is 5.92 Å². The highest BCUT2D eigenvalue weighted by atomic mass is 16.6. The molecule has 1 aromatic carbocycles. The quantitative estimate of drug-likeness (QED) is 0.490. The van der Waals surface area contributed by atoms with Gasteiger partial charge in [-0.1, -0.05) is 38.7 Å². The molecule has 0 unspecified atom stereocenters. The van der Waals surface area contributed by atoms with E-state index >= 15 is 0 Å². The molecule has 0 spiro atoms. The molecule has 1 aromatic rings. The van der Waals surface area contributed by atoms with Crippen LogP contribution in [0.3, 0.4) is 0 Å². The van der Waals surface area contributed by atoms with Gasteiger partial charge in [-0.15, -0.1) is 0 Å². The third-order valence-electron chi connectivity index (χ3n) is 6.56. The first-order chi connectivity index (χ1) is 14.6. The van der Waals surface area contributed by atoms with Crippen molar-refractivity contribution in [1.29, 1.82) is 0 Å². The smallest absolute Gasteiger partial charge is 0.161 e. The topological polar surface area (TPSA) is 59.0 Å². The molecule has 1 N–H and O–H groups in total. The Morgan fingerprint density at radius 3 is 2.67 bits per heavy atom. The van der Waals surface area contributed by atoms with Crippen molar-refractivity contribution in [2.24, 2.45) is 5.92 Å². The number of likely N-dealkylation sites (tertiary alicyclic amines) is 1. The fourth-order valence-electron chi connectivity index (χ4n) is 4.68. The first-order valence-electron chi connectivity index (χ1n) is 11.9. The molecule has 5 nitrogen and oxygen atoms in total. The average molecular weight is 418 g/mol. The van der Waals surface area contributed by atoms with Crippen LogP contribution in [0.15, 0.2) is 18.2 Å². The highest BCUT2D eigenvalue weighted by Crippen LogP contribution is 2.36. The largest absolute Gasteiger partial charge is 0.486 e. The van der Waals surface area contributed by atoms with Crippen molar-refractivity contribution in [1.82, 2.24) is 4.90 Å². The third kappa shape index (κ3) is 6.45. The lowest BCUT2D eigenvalue weighted by atomic mass is 9.89. The number of fused-ring (bicyclic) bond motifs is 1. The Morgan fingerprint density at radius 2 is 1.93 bits per heavy atom. The number of Topliss-reactive ketones (excluding diaryl/α,β-unsaturated/α-hetero) is 1. The average Bonchev–Trinajstić information content (AvgIpc) is 3.16. The summed E-state index contributed by atoms with van der Waals surface area (Å²) in [5, 5.41) is 11.2. The summed E-state index contributed by atoms with van der Waals surface area (Å²) in [5.74, 6) is 1.59. The van der Waals surface area contributed by atoms with Crippen LogP contribution in [0.4, 0.5) is 0 Å². The van der Waals surface area contributed by atoms with Crippen LogP contribution in [0.2, 0.25) is 0 Å². The van der Waals surface area contributed by atoms with Crippen LogP contribution in [0.5, 0.6) is 11.5 Å². The lowest BCUT2D eigenvalue weighted by Crippen LogP contribution is -2.35. The standard InChI is InChI=1S/C25H39NO4/c1-3-4-5-6-7-10-22(27)16-21(18-26-13-8-9-19(26)2)25(28)20-11-12-23-24(17-20)30-15-14-29-23/h11-12,17,19,21,25,28H,3-10,13-16,18H2,1-2H3/t19-,21-,25+/m1/s1. The first kappa shape index (κ1) is 23.1. The molecule has 0 amide bonds. The molecule has 2 aliphatic rings. The summed E-state index contributed by atoms with van der Waals surface area (Å²) in [6.45, 7) is 7.34. The van der Waals surface area contributed by atoms with Gasteiger partial charge in [0.05, 0.1) is 6.10 Å². The maximum Gasteiger partial charge on any atom is 0.161 e. The van der Waals surface area contributed by atoms with Gasteiger partial charge in [0.2, 0.25) is 0 Å². The van der Waals surface area contributed by atoms with Crippen LogP contribution in [-0.4, -0.2) is 48.1 Å². The van der Waals surface area contributed by atoms with Crippen LogP contribution < -0.4 is 9.47 Å². The fourth-order valence-corrected chi connectivity index (χ4v) is 4.68. The van der Waals surface area contributed by atoms with E-state index in [1.54, 1.807) is 0 Å². The summed E-state index contributed by atoms with van der Waals surface area (Å²) in [5.41, 5.74) is 0.812. The maximum absolute atomic E-state index is 12.7. The minimum atomic E-state index is -0.683. The van der Waals surface area contributed by atoms with Crippen molar-refractivity contribution in [2.45, 2.75) is 83.8 Å². The van der Waals surface area contributed by atoms with Gasteiger partial charge >= 0.3 is 0 Å². The maximum atomic E-state index is 12.7. The van der Waals surface area contributed by atoms with Gasteiger partial charge in [0.15, 0.2) is 11.5 Å². The van der Waals surface area contributed by atoms with Crippen molar-refractivity contribution >= 4 is 5.78 Å². The molecule has 0 saturated carbocycles. The minimum absolute atomic E-state index is 0.101. The zero-order chi connectivity index (χ0) is 21.3. The fraction of sp³-hybridized carbons (Fsp3) is 0.720. The number of unbranched alkanes of at least 4 members (excludes halogenated alkanes) is 4. The predicted molar refractivity (Wildman–Crippen MR) is 119 cm³/mol. The molecule has 30 heavy (non-hydrogen) atoms. The van der Waals surface area contributed by atoms with Gasteiger partial charge in [-0.25, -0.2) is 0 Å². The van der Waals surface area contributed by atoms with E-state index in [0.717, 1.165) is 37.2 Å². The highest BCUT2D eigenvalue weighted by molar-refractivity contribution is 5.78. The van der Waals surface area contributed by atoms with E-state index in [1.807, 2.05) is 18.2 Å². The van der Waals surface area contributed by atoms with Crippen LogP contribution in [0.1, 0.15) is 83.3 Å². The van der Waals surface area contributed by atoms with Gasteiger partial charge in [-0.05, 0) is 50.4 Å². The van der Waals surface area contributed by atoms with E-state index < -0.39 is 6.10 Å². The Hall–Kier alpha value is -1.59. The van der Waals surface area contributed by atoms with Crippen LogP contribution >= 0.6 is 0 Å². The summed E-state index contributed by atoms with van der Waals surface area (Å²) in [6.07, 6.45) is 8.52. The Labute approximate surface area is 181 Å². The molecule has 0 aliphatic carbocycles. The van der Waals surface area contributed by atoms with E-state index in [2.05, 4.69) is 18.7 Å². The van der Waals surface area contributed by atoms with Gasteiger partial charge in [0, 0.05) is 31.3 Å². The molecule has 3 atom stereocenters.